The molecule has 0 aliphatic heterocycles. The molecule has 0 saturated carbocycles. The summed E-state index contributed by atoms with van der Waals surface area (Å²) in [5.41, 5.74) is 2.83. The molecular weight excluding hydrogens is 430 g/mol. The topological polar surface area (TPSA) is 60.7 Å². The van der Waals surface area contributed by atoms with Crippen molar-refractivity contribution in [3.63, 3.8) is 0 Å². The molecule has 5 nitrogen and oxygen atoms in total. The summed E-state index contributed by atoms with van der Waals surface area (Å²) in [6.07, 6.45) is 7.75. The Labute approximate surface area is 188 Å². The summed E-state index contributed by atoms with van der Waals surface area (Å²) in [5.74, 6) is -1.41. The summed E-state index contributed by atoms with van der Waals surface area (Å²) in [6, 6.07) is 13.8. The van der Waals surface area contributed by atoms with Gasteiger partial charge < -0.3 is 4.57 Å². The number of nitrogens with zero attached hydrogens (tertiary/aromatic N) is 4. The monoisotopic (exact) mass is 450 g/mol. The van der Waals surface area contributed by atoms with Crippen LogP contribution < -0.4 is 5.56 Å². The maximum absolute atomic E-state index is 13.6. The van der Waals surface area contributed by atoms with Crippen LogP contribution in [-0.2, 0) is 25.1 Å². The molecule has 0 N–H and O–H groups in total. The molecule has 0 spiro atoms. The van der Waals surface area contributed by atoms with Gasteiger partial charge in [0.25, 0.3) is 5.56 Å². The second-order valence-corrected chi connectivity index (χ2v) is 8.19. The van der Waals surface area contributed by atoms with E-state index in [9.17, 15) is 13.6 Å². The third-order valence-corrected chi connectivity index (χ3v) is 5.94. The Kier molecular flexibility index (Phi) is 7.01. The molecule has 0 bridgehead atoms. The summed E-state index contributed by atoms with van der Waals surface area (Å²) >= 11 is 1.32. The van der Waals surface area contributed by atoms with E-state index in [1.54, 1.807) is 12.4 Å². The molecule has 0 aliphatic carbocycles. The standard InChI is InChI=1S/C24H20F2N4OS/c25-21-7-6-18(11-22(21)26)15-32-24-29-23(31)20(10-19-12-27-16-28-13-19)14-30(24)9-8-17-4-2-1-3-5-17/h1-7,11-14,16H,8-10,15H2. The second kappa shape index (κ2) is 10.3. The number of aryl methyl sites for hydroxylation is 2. The van der Waals surface area contributed by atoms with Crippen molar-refractivity contribution in [1.29, 1.82) is 0 Å². The smallest absolute Gasteiger partial charge is 0.277 e. The van der Waals surface area contributed by atoms with Crippen LogP contribution in [0.3, 0.4) is 0 Å². The lowest BCUT2D eigenvalue weighted by molar-refractivity contribution is 0.507. The van der Waals surface area contributed by atoms with Crippen molar-refractivity contribution in [1.82, 2.24) is 19.5 Å². The van der Waals surface area contributed by atoms with Gasteiger partial charge in [-0.3, -0.25) is 4.79 Å². The number of hydrogen-bond donors (Lipinski definition) is 0. The van der Waals surface area contributed by atoms with Crippen LogP contribution in [0.5, 0.6) is 0 Å². The predicted octanol–water partition coefficient (Wildman–Crippen LogP) is 4.44. The third kappa shape index (κ3) is 5.64. The molecule has 0 atom stereocenters. The van der Waals surface area contributed by atoms with Crippen LogP contribution in [0, 0.1) is 11.6 Å². The zero-order valence-corrected chi connectivity index (χ0v) is 17.9. The van der Waals surface area contributed by atoms with E-state index in [1.807, 2.05) is 41.1 Å². The molecule has 4 aromatic rings. The highest BCUT2D eigenvalue weighted by atomic mass is 32.2. The first-order chi connectivity index (χ1) is 15.6. The summed E-state index contributed by atoms with van der Waals surface area (Å²) in [5, 5.41) is 0.531. The number of rotatable bonds is 8. The van der Waals surface area contributed by atoms with E-state index in [1.165, 1.54) is 35.8 Å². The maximum Gasteiger partial charge on any atom is 0.277 e. The Morgan fingerprint density at radius 1 is 0.906 bits per heavy atom. The summed E-state index contributed by atoms with van der Waals surface area (Å²) in [7, 11) is 0. The lowest BCUT2D eigenvalue weighted by atomic mass is 10.1. The van der Waals surface area contributed by atoms with Gasteiger partial charge in [-0.15, -0.1) is 0 Å². The normalized spacial score (nSPS) is 10.9. The minimum Gasteiger partial charge on any atom is -0.327 e. The quantitative estimate of drug-likeness (QED) is 0.293. The van der Waals surface area contributed by atoms with Crippen LogP contribution in [0.1, 0.15) is 22.3 Å². The highest BCUT2D eigenvalue weighted by Gasteiger charge is 2.12. The van der Waals surface area contributed by atoms with Gasteiger partial charge in [0, 0.05) is 42.9 Å². The van der Waals surface area contributed by atoms with Crippen LogP contribution in [0.2, 0.25) is 0 Å². The fourth-order valence-electron chi connectivity index (χ4n) is 3.23. The summed E-state index contributed by atoms with van der Waals surface area (Å²) in [6.45, 7) is 0.621. The minimum absolute atomic E-state index is 0.322. The largest absolute Gasteiger partial charge is 0.327 e. The number of thioether (sulfide) groups is 1. The van der Waals surface area contributed by atoms with E-state index in [0.717, 1.165) is 18.1 Å². The molecular formula is C24H20F2N4OS. The third-order valence-electron chi connectivity index (χ3n) is 4.87. The van der Waals surface area contributed by atoms with Crippen LogP contribution in [0.25, 0.3) is 0 Å². The number of hydrogen-bond acceptors (Lipinski definition) is 5. The lowest BCUT2D eigenvalue weighted by Gasteiger charge is -2.14. The van der Waals surface area contributed by atoms with E-state index in [0.29, 0.717) is 35.0 Å². The molecule has 2 aromatic carbocycles. The lowest BCUT2D eigenvalue weighted by Crippen LogP contribution is -2.20. The van der Waals surface area contributed by atoms with Gasteiger partial charge in [-0.2, -0.15) is 4.98 Å². The maximum atomic E-state index is 13.6. The molecule has 4 rings (SSSR count). The van der Waals surface area contributed by atoms with Gasteiger partial charge in [-0.25, -0.2) is 18.7 Å². The van der Waals surface area contributed by atoms with E-state index in [2.05, 4.69) is 15.0 Å². The zero-order chi connectivity index (χ0) is 22.3. The second-order valence-electron chi connectivity index (χ2n) is 7.24. The summed E-state index contributed by atoms with van der Waals surface area (Å²) < 4.78 is 28.7. The predicted molar refractivity (Wildman–Crippen MR) is 119 cm³/mol. The highest BCUT2D eigenvalue weighted by Crippen LogP contribution is 2.22. The minimum atomic E-state index is -0.891. The molecule has 32 heavy (non-hydrogen) atoms. The Morgan fingerprint density at radius 2 is 1.69 bits per heavy atom. The van der Waals surface area contributed by atoms with Crippen molar-refractivity contribution in [3.8, 4) is 0 Å². The van der Waals surface area contributed by atoms with Crippen molar-refractivity contribution in [2.75, 3.05) is 0 Å². The van der Waals surface area contributed by atoms with Crippen LogP contribution in [0.4, 0.5) is 8.78 Å². The molecule has 2 heterocycles. The Hall–Kier alpha value is -3.39. The highest BCUT2D eigenvalue weighted by molar-refractivity contribution is 7.98. The van der Waals surface area contributed by atoms with Crippen molar-refractivity contribution >= 4 is 11.8 Å². The molecule has 162 valence electrons. The number of halogens is 2. The van der Waals surface area contributed by atoms with E-state index < -0.39 is 11.6 Å². The van der Waals surface area contributed by atoms with Crippen molar-refractivity contribution in [3.05, 3.63) is 118 Å². The van der Waals surface area contributed by atoms with Gasteiger partial charge in [0.05, 0.1) is 0 Å². The first kappa shape index (κ1) is 21.8. The molecule has 2 aromatic heterocycles. The van der Waals surface area contributed by atoms with Gasteiger partial charge in [0.15, 0.2) is 16.8 Å². The molecule has 0 radical (unpaired) electrons. The summed E-state index contributed by atoms with van der Waals surface area (Å²) in [4.78, 5) is 25.0. The van der Waals surface area contributed by atoms with Crippen molar-refractivity contribution in [2.24, 2.45) is 0 Å². The fourth-order valence-corrected chi connectivity index (χ4v) is 4.16. The average Bonchev–Trinajstić information content (AvgIpc) is 2.81. The number of aromatic nitrogens is 4. The average molecular weight is 451 g/mol. The van der Waals surface area contributed by atoms with Gasteiger partial charge in [-0.05, 0) is 35.2 Å². The Bertz CT molecular complexity index is 1250. The molecule has 0 unspecified atom stereocenters. The molecule has 0 aliphatic rings. The van der Waals surface area contributed by atoms with Gasteiger partial charge in [0.2, 0.25) is 0 Å². The fraction of sp³-hybridized carbons (Fsp3) is 0.167. The molecule has 0 amide bonds. The van der Waals surface area contributed by atoms with Crippen LogP contribution >= 0.6 is 11.8 Å². The van der Waals surface area contributed by atoms with E-state index in [-0.39, 0.29) is 5.56 Å². The number of benzene rings is 2. The van der Waals surface area contributed by atoms with Gasteiger partial charge in [-0.1, -0.05) is 48.2 Å². The Balaban J connectivity index is 1.59. The van der Waals surface area contributed by atoms with Gasteiger partial charge >= 0.3 is 0 Å². The molecule has 0 saturated heterocycles. The van der Waals surface area contributed by atoms with E-state index >= 15 is 0 Å². The van der Waals surface area contributed by atoms with Crippen molar-refractivity contribution < 1.29 is 8.78 Å². The first-order valence-corrected chi connectivity index (χ1v) is 11.0. The molecule has 8 heteroatoms. The van der Waals surface area contributed by atoms with Gasteiger partial charge in [0.1, 0.15) is 6.33 Å². The van der Waals surface area contributed by atoms with Crippen LogP contribution in [-0.4, -0.2) is 19.5 Å². The Morgan fingerprint density at radius 3 is 2.44 bits per heavy atom. The van der Waals surface area contributed by atoms with E-state index in [4.69, 9.17) is 0 Å². The SMILES string of the molecule is O=c1nc(SCc2ccc(F)c(F)c2)n(CCc2ccccc2)cc1Cc1cncnc1. The molecule has 0 fully saturated rings. The van der Waals surface area contributed by atoms with Crippen LogP contribution in [0.15, 0.2) is 83.4 Å². The zero-order valence-electron chi connectivity index (χ0n) is 17.1. The first-order valence-electron chi connectivity index (χ1n) is 10.0. The van der Waals surface area contributed by atoms with Crippen molar-refractivity contribution in [2.45, 2.75) is 30.3 Å².